The van der Waals surface area contributed by atoms with Crippen LogP contribution in [0.15, 0.2) is 70.2 Å². The zero-order valence-electron chi connectivity index (χ0n) is 16.8. The van der Waals surface area contributed by atoms with Crippen LogP contribution < -0.4 is 14.9 Å². The minimum Gasteiger partial charge on any atom is -0.504 e. The van der Waals surface area contributed by atoms with Crippen molar-refractivity contribution in [1.29, 1.82) is 0 Å². The van der Waals surface area contributed by atoms with Gasteiger partial charge in [0.15, 0.2) is 11.5 Å². The standard InChI is InChI=1S/C22H18BrN3O6/c1-31-20-11-17(26(29)30)10-15(21(20)27)12-24-25-22(28)18-7-2-3-8-19(18)32-13-14-5-4-6-16(23)9-14/h2-12,27H,13H2,1H3,(H,25,28)/b24-12-. The fourth-order valence-corrected chi connectivity index (χ4v) is 3.21. The van der Waals surface area contributed by atoms with E-state index in [-0.39, 0.29) is 34.9 Å². The van der Waals surface area contributed by atoms with Crippen molar-refractivity contribution >= 4 is 33.7 Å². The molecule has 0 unspecified atom stereocenters. The molecular formula is C22H18BrN3O6. The summed E-state index contributed by atoms with van der Waals surface area (Å²) in [6.45, 7) is 0.258. The summed E-state index contributed by atoms with van der Waals surface area (Å²) in [4.78, 5) is 23.0. The van der Waals surface area contributed by atoms with E-state index in [1.165, 1.54) is 7.11 Å². The highest BCUT2D eigenvalue weighted by atomic mass is 79.9. The fourth-order valence-electron chi connectivity index (χ4n) is 2.76. The van der Waals surface area contributed by atoms with Crippen molar-refractivity contribution in [2.45, 2.75) is 6.61 Å². The van der Waals surface area contributed by atoms with Gasteiger partial charge in [-0.25, -0.2) is 5.43 Å². The van der Waals surface area contributed by atoms with Gasteiger partial charge in [0.25, 0.3) is 11.6 Å². The van der Waals surface area contributed by atoms with Crippen LogP contribution in [-0.2, 0) is 6.61 Å². The van der Waals surface area contributed by atoms with E-state index in [1.807, 2.05) is 24.3 Å². The first-order chi connectivity index (χ1) is 15.4. The number of non-ortho nitro benzene ring substituents is 1. The molecule has 10 heteroatoms. The number of hydrogen-bond acceptors (Lipinski definition) is 7. The highest BCUT2D eigenvalue weighted by Crippen LogP contribution is 2.33. The van der Waals surface area contributed by atoms with Crippen LogP contribution in [0, 0.1) is 10.1 Å². The maximum absolute atomic E-state index is 12.6. The van der Waals surface area contributed by atoms with Gasteiger partial charge in [-0.3, -0.25) is 14.9 Å². The van der Waals surface area contributed by atoms with Crippen molar-refractivity contribution in [3.05, 3.63) is 91.9 Å². The number of hydrogen-bond donors (Lipinski definition) is 2. The molecule has 1 amide bonds. The van der Waals surface area contributed by atoms with Crippen molar-refractivity contribution in [2.24, 2.45) is 5.10 Å². The predicted octanol–water partition coefficient (Wildman–Crippen LogP) is 4.41. The number of carbonyl (C=O) groups is 1. The van der Waals surface area contributed by atoms with Crippen molar-refractivity contribution in [2.75, 3.05) is 7.11 Å². The number of aromatic hydroxyl groups is 1. The zero-order chi connectivity index (χ0) is 23.1. The molecule has 0 saturated heterocycles. The Hall–Kier alpha value is -3.92. The normalized spacial score (nSPS) is 10.7. The molecule has 0 atom stereocenters. The molecule has 0 aliphatic carbocycles. The van der Waals surface area contributed by atoms with Crippen LogP contribution in [0.1, 0.15) is 21.5 Å². The van der Waals surface area contributed by atoms with Crippen LogP contribution in [0.2, 0.25) is 0 Å². The third kappa shape index (κ3) is 5.61. The van der Waals surface area contributed by atoms with E-state index in [4.69, 9.17) is 9.47 Å². The summed E-state index contributed by atoms with van der Waals surface area (Å²) >= 11 is 3.40. The highest BCUT2D eigenvalue weighted by Gasteiger charge is 2.16. The number of hydrazone groups is 1. The Morgan fingerprint density at radius 2 is 1.97 bits per heavy atom. The quantitative estimate of drug-likeness (QED) is 0.268. The second-order valence-electron chi connectivity index (χ2n) is 6.46. The number of nitrogens with one attached hydrogen (secondary N) is 1. The lowest BCUT2D eigenvalue weighted by Crippen LogP contribution is -2.18. The summed E-state index contributed by atoms with van der Waals surface area (Å²) in [5.74, 6) is -0.616. The molecule has 0 fully saturated rings. The smallest absolute Gasteiger partial charge is 0.275 e. The Labute approximate surface area is 191 Å². The van der Waals surface area contributed by atoms with E-state index < -0.39 is 10.8 Å². The highest BCUT2D eigenvalue weighted by molar-refractivity contribution is 9.10. The lowest BCUT2D eigenvalue weighted by atomic mass is 10.1. The number of phenols is 1. The number of phenolic OH excluding ortho intramolecular Hbond substituents is 1. The summed E-state index contributed by atoms with van der Waals surface area (Å²) in [5.41, 5.74) is 3.22. The van der Waals surface area contributed by atoms with Gasteiger partial charge in [0.05, 0.1) is 29.9 Å². The maximum atomic E-state index is 12.6. The zero-order valence-corrected chi connectivity index (χ0v) is 18.4. The van der Waals surface area contributed by atoms with Gasteiger partial charge >= 0.3 is 0 Å². The van der Waals surface area contributed by atoms with Crippen molar-refractivity contribution in [1.82, 2.24) is 5.43 Å². The van der Waals surface area contributed by atoms with Gasteiger partial charge in [0.1, 0.15) is 12.4 Å². The third-order valence-electron chi connectivity index (χ3n) is 4.30. The third-order valence-corrected chi connectivity index (χ3v) is 4.80. The molecule has 0 bridgehead atoms. The molecule has 0 radical (unpaired) electrons. The number of nitro benzene ring substituents is 1. The molecule has 0 aliphatic heterocycles. The average Bonchev–Trinajstić information content (AvgIpc) is 2.78. The van der Waals surface area contributed by atoms with Crippen LogP contribution in [0.4, 0.5) is 5.69 Å². The molecule has 164 valence electrons. The Morgan fingerprint density at radius 1 is 1.19 bits per heavy atom. The second-order valence-corrected chi connectivity index (χ2v) is 7.37. The van der Waals surface area contributed by atoms with E-state index >= 15 is 0 Å². The molecule has 0 spiro atoms. The van der Waals surface area contributed by atoms with Gasteiger partial charge < -0.3 is 14.6 Å². The summed E-state index contributed by atoms with van der Waals surface area (Å²) in [7, 11) is 1.27. The molecule has 2 N–H and O–H groups in total. The summed E-state index contributed by atoms with van der Waals surface area (Å²) in [6, 6.07) is 16.5. The largest absolute Gasteiger partial charge is 0.504 e. The Bertz CT molecular complexity index is 1180. The van der Waals surface area contributed by atoms with E-state index in [0.717, 1.165) is 28.4 Å². The number of nitrogens with zero attached hydrogens (tertiary/aromatic N) is 2. The number of halogens is 1. The number of ether oxygens (including phenoxy) is 2. The van der Waals surface area contributed by atoms with Gasteiger partial charge in [-0.15, -0.1) is 0 Å². The first-order valence-corrected chi connectivity index (χ1v) is 10.0. The predicted molar refractivity (Wildman–Crippen MR) is 121 cm³/mol. The number of methoxy groups -OCH3 is 1. The van der Waals surface area contributed by atoms with Crippen LogP contribution in [0.3, 0.4) is 0 Å². The lowest BCUT2D eigenvalue weighted by molar-refractivity contribution is -0.385. The Kier molecular flexibility index (Phi) is 7.40. The topological polar surface area (TPSA) is 123 Å². The van der Waals surface area contributed by atoms with Gasteiger partial charge in [-0.2, -0.15) is 5.10 Å². The first-order valence-electron chi connectivity index (χ1n) is 9.24. The first kappa shape index (κ1) is 22.8. The molecule has 0 heterocycles. The second kappa shape index (κ2) is 10.4. The number of carbonyl (C=O) groups excluding carboxylic acids is 1. The fraction of sp³-hybridized carbons (Fsp3) is 0.0909. The molecule has 0 saturated carbocycles. The number of amides is 1. The molecule has 0 aliphatic rings. The summed E-state index contributed by atoms with van der Waals surface area (Å²) in [5, 5.41) is 25.0. The number of rotatable bonds is 8. The van der Waals surface area contributed by atoms with Crippen molar-refractivity contribution in [3.63, 3.8) is 0 Å². The van der Waals surface area contributed by atoms with Gasteiger partial charge in [0, 0.05) is 16.1 Å². The van der Waals surface area contributed by atoms with Crippen LogP contribution in [0.5, 0.6) is 17.2 Å². The van der Waals surface area contributed by atoms with Crippen LogP contribution >= 0.6 is 15.9 Å². The SMILES string of the molecule is COc1cc([N+](=O)[O-])cc(/C=N\NC(=O)c2ccccc2OCc2cccc(Br)c2)c1O. The maximum Gasteiger partial charge on any atom is 0.275 e. The monoisotopic (exact) mass is 499 g/mol. The van der Waals surface area contributed by atoms with E-state index in [0.29, 0.717) is 5.75 Å². The molecule has 3 aromatic rings. The molecule has 3 aromatic carbocycles. The van der Waals surface area contributed by atoms with E-state index in [9.17, 15) is 20.0 Å². The number of benzene rings is 3. The molecule has 32 heavy (non-hydrogen) atoms. The summed E-state index contributed by atoms with van der Waals surface area (Å²) < 4.78 is 11.6. The van der Waals surface area contributed by atoms with Crippen molar-refractivity contribution in [3.8, 4) is 17.2 Å². The molecule has 3 rings (SSSR count). The van der Waals surface area contributed by atoms with Gasteiger partial charge in [0.2, 0.25) is 0 Å². The van der Waals surface area contributed by atoms with E-state index in [1.54, 1.807) is 24.3 Å². The van der Waals surface area contributed by atoms with Gasteiger partial charge in [-0.05, 0) is 29.8 Å². The van der Waals surface area contributed by atoms with Crippen molar-refractivity contribution < 1.29 is 24.3 Å². The molecular weight excluding hydrogens is 482 g/mol. The number of nitro groups is 1. The average molecular weight is 500 g/mol. The summed E-state index contributed by atoms with van der Waals surface area (Å²) in [6.07, 6.45) is 1.09. The molecule has 9 nitrogen and oxygen atoms in total. The molecule has 0 aromatic heterocycles. The Morgan fingerprint density at radius 3 is 2.69 bits per heavy atom. The number of para-hydroxylation sites is 1. The lowest BCUT2D eigenvalue weighted by Gasteiger charge is -2.11. The minimum atomic E-state index is -0.628. The van der Waals surface area contributed by atoms with Crippen LogP contribution in [0.25, 0.3) is 0 Å². The van der Waals surface area contributed by atoms with E-state index in [2.05, 4.69) is 26.5 Å². The van der Waals surface area contributed by atoms with Crippen LogP contribution in [-0.4, -0.2) is 29.3 Å². The Balaban J connectivity index is 1.74. The van der Waals surface area contributed by atoms with Gasteiger partial charge in [-0.1, -0.05) is 40.2 Å². The minimum absolute atomic E-state index is 0.00976.